The minimum absolute atomic E-state index is 0.0385. The normalized spacial score (nSPS) is 14.1. The summed E-state index contributed by atoms with van der Waals surface area (Å²) in [6, 6.07) is 24.4. The highest BCUT2D eigenvalue weighted by Gasteiger charge is 2.26. The third-order valence-corrected chi connectivity index (χ3v) is 6.33. The lowest BCUT2D eigenvalue weighted by Gasteiger charge is -2.24. The Balaban J connectivity index is 1.44. The predicted molar refractivity (Wildman–Crippen MR) is 154 cm³/mol. The molecule has 1 aliphatic heterocycles. The van der Waals surface area contributed by atoms with Crippen LogP contribution in [0.25, 0.3) is 6.08 Å². The van der Waals surface area contributed by atoms with Gasteiger partial charge in [0, 0.05) is 17.3 Å². The number of esters is 1. The number of carbonyl (C=O) groups excluding carboxylic acids is 3. The molecule has 0 radical (unpaired) electrons. The van der Waals surface area contributed by atoms with Crippen molar-refractivity contribution < 1.29 is 23.9 Å². The Morgan fingerprint density at radius 3 is 2.50 bits per heavy atom. The molecule has 0 saturated heterocycles. The van der Waals surface area contributed by atoms with Crippen molar-refractivity contribution in [2.75, 3.05) is 18.5 Å². The molecular weight excluding hydrogens is 506 g/mol. The van der Waals surface area contributed by atoms with Gasteiger partial charge in [-0.15, -0.1) is 5.10 Å². The number of anilines is 1. The largest absolute Gasteiger partial charge is 0.466 e. The standard InChI is InChI=1S/C32H33N3O5/c1-4-39-29(37)18-15-23-9-8-12-27(19-23)33-31(38)30(22(2)3)25-16-13-24(14-17-25)20-35-28(36)21-40-32(34-35)26-10-6-5-7-11-26/h5-19,22,30H,4,20-21H2,1-3H3,(H,33,38)/b18-15+. The van der Waals surface area contributed by atoms with Gasteiger partial charge in [0.25, 0.3) is 5.91 Å². The average Bonchev–Trinajstić information content (AvgIpc) is 2.95. The molecule has 0 spiro atoms. The first-order valence-corrected chi connectivity index (χ1v) is 13.3. The van der Waals surface area contributed by atoms with E-state index in [0.717, 1.165) is 22.3 Å². The first kappa shape index (κ1) is 28.3. The highest BCUT2D eigenvalue weighted by atomic mass is 16.5. The van der Waals surface area contributed by atoms with Crippen molar-refractivity contribution in [1.82, 2.24) is 5.01 Å². The lowest BCUT2D eigenvalue weighted by molar-refractivity contribution is -0.137. The van der Waals surface area contributed by atoms with Gasteiger partial charge < -0.3 is 14.8 Å². The molecule has 3 aromatic rings. The average molecular weight is 540 g/mol. The third-order valence-electron chi connectivity index (χ3n) is 6.33. The van der Waals surface area contributed by atoms with Crippen LogP contribution in [0.2, 0.25) is 0 Å². The molecule has 0 aliphatic carbocycles. The van der Waals surface area contributed by atoms with Crippen molar-refractivity contribution >= 4 is 35.4 Å². The lowest BCUT2D eigenvalue weighted by Crippen LogP contribution is -2.36. The van der Waals surface area contributed by atoms with Gasteiger partial charge in [-0.25, -0.2) is 9.80 Å². The summed E-state index contributed by atoms with van der Waals surface area (Å²) in [4.78, 5) is 37.4. The van der Waals surface area contributed by atoms with E-state index in [-0.39, 0.29) is 30.3 Å². The smallest absolute Gasteiger partial charge is 0.330 e. The van der Waals surface area contributed by atoms with Gasteiger partial charge in [0.15, 0.2) is 6.61 Å². The van der Waals surface area contributed by atoms with Gasteiger partial charge in [-0.1, -0.05) is 68.4 Å². The molecule has 8 nitrogen and oxygen atoms in total. The van der Waals surface area contributed by atoms with Crippen molar-refractivity contribution in [2.24, 2.45) is 11.0 Å². The maximum Gasteiger partial charge on any atom is 0.330 e. The summed E-state index contributed by atoms with van der Waals surface area (Å²) in [5.74, 6) is -0.704. The molecule has 1 atom stereocenters. The van der Waals surface area contributed by atoms with Crippen LogP contribution in [0.15, 0.2) is 90.0 Å². The van der Waals surface area contributed by atoms with Crippen LogP contribution >= 0.6 is 0 Å². The Bertz CT molecular complexity index is 1400. The molecule has 1 aliphatic rings. The lowest BCUT2D eigenvalue weighted by atomic mass is 9.87. The number of rotatable bonds is 10. The minimum Gasteiger partial charge on any atom is -0.466 e. The van der Waals surface area contributed by atoms with Crippen molar-refractivity contribution in [3.63, 3.8) is 0 Å². The zero-order chi connectivity index (χ0) is 28.5. The molecule has 8 heteroatoms. The first-order chi connectivity index (χ1) is 19.3. The summed E-state index contributed by atoms with van der Waals surface area (Å²) in [5, 5.41) is 8.83. The molecule has 0 bridgehead atoms. The van der Waals surface area contributed by atoms with Gasteiger partial charge in [0.1, 0.15) is 0 Å². The van der Waals surface area contributed by atoms with E-state index in [1.165, 1.54) is 11.1 Å². The van der Waals surface area contributed by atoms with Gasteiger partial charge in [0.2, 0.25) is 11.8 Å². The van der Waals surface area contributed by atoms with Crippen LogP contribution in [-0.4, -0.2) is 41.9 Å². The van der Waals surface area contributed by atoms with Crippen LogP contribution in [0, 0.1) is 5.92 Å². The summed E-state index contributed by atoms with van der Waals surface area (Å²) < 4.78 is 10.4. The van der Waals surface area contributed by atoms with Crippen molar-refractivity contribution in [3.05, 3.63) is 107 Å². The van der Waals surface area contributed by atoms with E-state index in [1.54, 1.807) is 19.1 Å². The van der Waals surface area contributed by atoms with E-state index in [0.29, 0.717) is 24.7 Å². The van der Waals surface area contributed by atoms with Crippen LogP contribution < -0.4 is 5.32 Å². The summed E-state index contributed by atoms with van der Waals surface area (Å²) in [6.07, 6.45) is 3.01. The molecule has 0 aromatic heterocycles. The van der Waals surface area contributed by atoms with E-state index >= 15 is 0 Å². The summed E-state index contributed by atoms with van der Waals surface area (Å²) >= 11 is 0. The van der Waals surface area contributed by atoms with E-state index in [2.05, 4.69) is 10.4 Å². The predicted octanol–water partition coefficient (Wildman–Crippen LogP) is 5.36. The van der Waals surface area contributed by atoms with E-state index in [9.17, 15) is 14.4 Å². The van der Waals surface area contributed by atoms with Crippen LogP contribution in [0.3, 0.4) is 0 Å². The molecule has 1 heterocycles. The van der Waals surface area contributed by atoms with Crippen LogP contribution in [-0.2, 0) is 30.4 Å². The maximum atomic E-state index is 13.3. The second-order valence-electron chi connectivity index (χ2n) is 9.67. The molecule has 0 fully saturated rings. The number of benzene rings is 3. The summed E-state index contributed by atoms with van der Waals surface area (Å²) in [5.41, 5.74) is 3.97. The monoisotopic (exact) mass is 539 g/mol. The maximum absolute atomic E-state index is 13.3. The molecule has 206 valence electrons. The van der Waals surface area contributed by atoms with E-state index < -0.39 is 5.97 Å². The first-order valence-electron chi connectivity index (χ1n) is 13.3. The number of hydrazone groups is 1. The van der Waals surface area contributed by atoms with Crippen molar-refractivity contribution in [1.29, 1.82) is 0 Å². The fraction of sp³-hybridized carbons (Fsp3) is 0.250. The number of carbonyl (C=O) groups is 3. The Hall–Kier alpha value is -4.72. The van der Waals surface area contributed by atoms with Crippen LogP contribution in [0.4, 0.5) is 5.69 Å². The highest BCUT2D eigenvalue weighted by Crippen LogP contribution is 2.27. The number of nitrogens with zero attached hydrogens (tertiary/aromatic N) is 2. The number of nitrogens with one attached hydrogen (secondary N) is 1. The van der Waals surface area contributed by atoms with Gasteiger partial charge in [-0.05, 0) is 59.9 Å². The fourth-order valence-corrected chi connectivity index (χ4v) is 4.38. The molecule has 2 amide bonds. The molecule has 1 unspecified atom stereocenters. The van der Waals surface area contributed by atoms with Gasteiger partial charge in [-0.2, -0.15) is 0 Å². The number of hydrogen-bond donors (Lipinski definition) is 1. The highest BCUT2D eigenvalue weighted by molar-refractivity contribution is 5.98. The second-order valence-corrected chi connectivity index (χ2v) is 9.67. The van der Waals surface area contributed by atoms with Gasteiger partial charge >= 0.3 is 5.97 Å². The van der Waals surface area contributed by atoms with Crippen LogP contribution in [0.1, 0.15) is 48.9 Å². The quantitative estimate of drug-likeness (QED) is 0.276. The molecule has 0 saturated carbocycles. The minimum atomic E-state index is -0.415. The zero-order valence-electron chi connectivity index (χ0n) is 22.9. The van der Waals surface area contributed by atoms with Crippen molar-refractivity contribution in [2.45, 2.75) is 33.2 Å². The summed E-state index contributed by atoms with van der Waals surface area (Å²) in [6.45, 7) is 6.30. The van der Waals surface area contributed by atoms with Gasteiger partial charge in [0.05, 0.1) is 19.1 Å². The summed E-state index contributed by atoms with van der Waals surface area (Å²) in [7, 11) is 0. The molecule has 3 aromatic carbocycles. The Labute approximate surface area is 234 Å². The second kappa shape index (κ2) is 13.4. The molecular formula is C32H33N3O5. The topological polar surface area (TPSA) is 97.3 Å². The molecule has 1 N–H and O–H groups in total. The Morgan fingerprint density at radius 2 is 1.80 bits per heavy atom. The van der Waals surface area contributed by atoms with Gasteiger partial charge in [-0.3, -0.25) is 9.59 Å². The fourth-order valence-electron chi connectivity index (χ4n) is 4.38. The zero-order valence-corrected chi connectivity index (χ0v) is 22.9. The number of hydrogen-bond acceptors (Lipinski definition) is 6. The SMILES string of the molecule is CCOC(=O)/C=C/c1cccc(NC(=O)C(c2ccc(CN3N=C(c4ccccc4)OCC3=O)cc2)C(C)C)c1. The van der Waals surface area contributed by atoms with Crippen molar-refractivity contribution in [3.8, 4) is 0 Å². The van der Waals surface area contributed by atoms with E-state index in [4.69, 9.17) is 9.47 Å². The third kappa shape index (κ3) is 7.44. The molecule has 40 heavy (non-hydrogen) atoms. The Kier molecular flexibility index (Phi) is 9.46. The van der Waals surface area contributed by atoms with Crippen LogP contribution in [0.5, 0.6) is 0 Å². The number of ether oxygens (including phenoxy) is 2. The number of amides is 2. The molecule has 4 rings (SSSR count). The Morgan fingerprint density at radius 1 is 1.05 bits per heavy atom. The van der Waals surface area contributed by atoms with E-state index in [1.807, 2.05) is 86.6 Å².